The average Bonchev–Trinajstić information content (AvgIpc) is 2.84. The van der Waals surface area contributed by atoms with Gasteiger partial charge in [0.15, 0.2) is 16.4 Å². The third kappa shape index (κ3) is 3.93. The van der Waals surface area contributed by atoms with Crippen LogP contribution in [-0.4, -0.2) is 43.9 Å². The van der Waals surface area contributed by atoms with Gasteiger partial charge in [-0.05, 0) is 25.5 Å². The summed E-state index contributed by atoms with van der Waals surface area (Å²) < 4.78 is 33.0. The molecule has 0 aliphatic carbocycles. The van der Waals surface area contributed by atoms with E-state index >= 15 is 0 Å². The predicted molar refractivity (Wildman–Crippen MR) is 92.6 cm³/mol. The topological polar surface area (TPSA) is 120 Å². The third-order valence-electron chi connectivity index (χ3n) is 4.14. The van der Waals surface area contributed by atoms with Crippen molar-refractivity contribution in [2.75, 3.05) is 18.1 Å². The normalized spacial score (nSPS) is 21.4. The van der Waals surface area contributed by atoms with Gasteiger partial charge in [0.25, 0.3) is 5.91 Å². The number of hydrogen-bond donors (Lipinski definition) is 1. The number of ether oxygens (including phenoxy) is 1. The maximum absolute atomic E-state index is 12.1. The van der Waals surface area contributed by atoms with Crippen LogP contribution in [-0.2, 0) is 19.4 Å². The van der Waals surface area contributed by atoms with Crippen LogP contribution in [0.2, 0.25) is 0 Å². The Morgan fingerprint density at radius 2 is 2.04 bits per heavy atom. The molecule has 1 fully saturated rings. The fourth-order valence-electron chi connectivity index (χ4n) is 2.89. The summed E-state index contributed by atoms with van der Waals surface area (Å²) in [6.45, 7) is 0.996. The molecular formula is C17H17NO7S. The van der Waals surface area contributed by atoms with Gasteiger partial charge >= 0.3 is 11.6 Å². The molecule has 1 aliphatic rings. The van der Waals surface area contributed by atoms with Gasteiger partial charge in [0, 0.05) is 5.39 Å². The van der Waals surface area contributed by atoms with Crippen LogP contribution in [0.3, 0.4) is 0 Å². The molecule has 0 radical (unpaired) electrons. The lowest BCUT2D eigenvalue weighted by molar-refractivity contribution is -0.125. The Morgan fingerprint density at radius 1 is 1.31 bits per heavy atom. The van der Waals surface area contributed by atoms with Gasteiger partial charge in [-0.1, -0.05) is 18.2 Å². The number of benzene rings is 1. The first-order valence-corrected chi connectivity index (χ1v) is 9.71. The minimum absolute atomic E-state index is 0.00169. The summed E-state index contributed by atoms with van der Waals surface area (Å²) in [6, 6.07) is 8.02. The summed E-state index contributed by atoms with van der Waals surface area (Å²) in [6.07, 6.45) is 0.295. The van der Waals surface area contributed by atoms with Crippen molar-refractivity contribution in [2.24, 2.45) is 0 Å². The van der Waals surface area contributed by atoms with Crippen LogP contribution >= 0.6 is 0 Å². The van der Waals surface area contributed by atoms with Gasteiger partial charge in [0.1, 0.15) is 11.1 Å². The van der Waals surface area contributed by atoms with Crippen molar-refractivity contribution in [3.8, 4) is 0 Å². The van der Waals surface area contributed by atoms with Crippen molar-refractivity contribution >= 4 is 32.7 Å². The molecule has 0 unspecified atom stereocenters. The molecule has 2 heterocycles. The average molecular weight is 379 g/mol. The van der Waals surface area contributed by atoms with E-state index in [1.165, 1.54) is 6.07 Å². The number of carbonyl (C=O) groups excluding carboxylic acids is 2. The minimum atomic E-state index is -3.18. The molecule has 1 atom stereocenters. The molecular weight excluding hydrogens is 362 g/mol. The van der Waals surface area contributed by atoms with E-state index < -0.39 is 39.5 Å². The van der Waals surface area contributed by atoms with Gasteiger partial charge in [-0.15, -0.1) is 0 Å². The fourth-order valence-corrected chi connectivity index (χ4v) is 4.99. The first kappa shape index (κ1) is 18.1. The zero-order valence-corrected chi connectivity index (χ0v) is 14.8. The summed E-state index contributed by atoms with van der Waals surface area (Å²) in [7, 11) is -3.18. The fraction of sp³-hybridized carbons (Fsp3) is 0.353. The molecule has 3 rings (SSSR count). The molecule has 0 saturated carbocycles. The number of rotatable bonds is 4. The highest BCUT2D eigenvalue weighted by Crippen LogP contribution is 2.22. The standard InChI is InChI=1S/C17H17NO7S/c1-17(6-7-26(22,23)10-17)18-14(19)9-24-15(20)12-8-11-4-2-3-5-13(11)25-16(12)21/h2-5,8H,6-7,9-10H2,1H3,(H,18,19)/t17-/m0/s1. The number of nitrogens with one attached hydrogen (secondary N) is 1. The lowest BCUT2D eigenvalue weighted by atomic mass is 10.0. The van der Waals surface area contributed by atoms with Crippen LogP contribution in [0.4, 0.5) is 0 Å². The van der Waals surface area contributed by atoms with Gasteiger partial charge in [0.05, 0.1) is 17.0 Å². The Bertz CT molecular complexity index is 1040. The second kappa shape index (κ2) is 6.56. The highest BCUT2D eigenvalue weighted by Gasteiger charge is 2.39. The number of para-hydroxylation sites is 1. The first-order chi connectivity index (χ1) is 12.2. The van der Waals surface area contributed by atoms with Crippen LogP contribution in [0, 0.1) is 0 Å². The molecule has 1 saturated heterocycles. The zero-order chi connectivity index (χ0) is 18.9. The molecule has 1 N–H and O–H groups in total. The molecule has 1 aliphatic heterocycles. The van der Waals surface area contributed by atoms with E-state index in [1.807, 2.05) is 0 Å². The summed E-state index contributed by atoms with van der Waals surface area (Å²) in [4.78, 5) is 35.9. The predicted octanol–water partition coefficient (Wildman–Crippen LogP) is 0.643. The molecule has 138 valence electrons. The van der Waals surface area contributed by atoms with E-state index in [-0.39, 0.29) is 17.1 Å². The van der Waals surface area contributed by atoms with E-state index in [9.17, 15) is 22.8 Å². The van der Waals surface area contributed by atoms with Crippen molar-refractivity contribution in [1.82, 2.24) is 5.32 Å². The zero-order valence-electron chi connectivity index (χ0n) is 14.0. The van der Waals surface area contributed by atoms with E-state index in [2.05, 4.69) is 5.32 Å². The SMILES string of the molecule is C[C@]1(NC(=O)COC(=O)c2cc3ccccc3oc2=O)CCS(=O)(=O)C1. The Morgan fingerprint density at radius 3 is 2.73 bits per heavy atom. The van der Waals surface area contributed by atoms with Gasteiger partial charge in [-0.2, -0.15) is 0 Å². The van der Waals surface area contributed by atoms with Crippen LogP contribution in [0.25, 0.3) is 11.0 Å². The van der Waals surface area contributed by atoms with Crippen LogP contribution in [0.15, 0.2) is 39.5 Å². The van der Waals surface area contributed by atoms with Gasteiger partial charge in [-0.25, -0.2) is 18.0 Å². The molecule has 1 amide bonds. The smallest absolute Gasteiger partial charge is 0.351 e. The van der Waals surface area contributed by atoms with E-state index in [4.69, 9.17) is 9.15 Å². The second-order valence-electron chi connectivity index (χ2n) is 6.51. The Hall–Kier alpha value is -2.68. The van der Waals surface area contributed by atoms with Gasteiger partial charge in [-0.3, -0.25) is 4.79 Å². The highest BCUT2D eigenvalue weighted by atomic mass is 32.2. The Kier molecular flexibility index (Phi) is 4.57. The van der Waals surface area contributed by atoms with Crippen molar-refractivity contribution in [1.29, 1.82) is 0 Å². The van der Waals surface area contributed by atoms with Crippen molar-refractivity contribution in [3.63, 3.8) is 0 Å². The Balaban J connectivity index is 1.65. The number of amides is 1. The lowest BCUT2D eigenvalue weighted by Crippen LogP contribution is -2.48. The second-order valence-corrected chi connectivity index (χ2v) is 8.70. The summed E-state index contributed by atoms with van der Waals surface area (Å²) in [5, 5.41) is 3.11. The molecule has 2 aromatic rings. The molecule has 1 aromatic heterocycles. The van der Waals surface area contributed by atoms with Crippen LogP contribution < -0.4 is 10.9 Å². The summed E-state index contributed by atoms with van der Waals surface area (Å²) >= 11 is 0. The lowest BCUT2D eigenvalue weighted by Gasteiger charge is -2.23. The largest absolute Gasteiger partial charge is 0.452 e. The summed E-state index contributed by atoms with van der Waals surface area (Å²) in [5.74, 6) is -1.78. The number of carbonyl (C=O) groups is 2. The van der Waals surface area contributed by atoms with Gasteiger partial charge in [0.2, 0.25) is 0 Å². The van der Waals surface area contributed by atoms with Crippen LogP contribution in [0.5, 0.6) is 0 Å². The maximum Gasteiger partial charge on any atom is 0.351 e. The summed E-state index contributed by atoms with van der Waals surface area (Å²) in [5.41, 5.74) is -1.72. The molecule has 9 heteroatoms. The quantitative estimate of drug-likeness (QED) is 0.611. The molecule has 8 nitrogen and oxygen atoms in total. The monoisotopic (exact) mass is 379 g/mol. The first-order valence-electron chi connectivity index (χ1n) is 7.89. The minimum Gasteiger partial charge on any atom is -0.452 e. The number of sulfone groups is 1. The molecule has 1 aromatic carbocycles. The number of fused-ring (bicyclic) bond motifs is 1. The Labute approximate surface area is 149 Å². The van der Waals surface area contributed by atoms with Crippen molar-refractivity contribution < 1.29 is 27.2 Å². The molecule has 0 spiro atoms. The van der Waals surface area contributed by atoms with E-state index in [0.717, 1.165) is 0 Å². The van der Waals surface area contributed by atoms with E-state index in [1.54, 1.807) is 31.2 Å². The molecule has 26 heavy (non-hydrogen) atoms. The van der Waals surface area contributed by atoms with Crippen molar-refractivity contribution in [2.45, 2.75) is 18.9 Å². The molecule has 0 bridgehead atoms. The number of esters is 1. The van der Waals surface area contributed by atoms with Crippen LogP contribution in [0.1, 0.15) is 23.7 Å². The van der Waals surface area contributed by atoms with Gasteiger partial charge < -0.3 is 14.5 Å². The van der Waals surface area contributed by atoms with Crippen molar-refractivity contribution in [3.05, 3.63) is 46.3 Å². The highest BCUT2D eigenvalue weighted by molar-refractivity contribution is 7.91. The maximum atomic E-state index is 12.1. The van der Waals surface area contributed by atoms with E-state index in [0.29, 0.717) is 17.4 Å². The third-order valence-corrected chi connectivity index (χ3v) is 6.04. The number of hydrogen-bond acceptors (Lipinski definition) is 7.